The van der Waals surface area contributed by atoms with E-state index < -0.39 is 0 Å². The van der Waals surface area contributed by atoms with Gasteiger partial charge in [-0.3, -0.25) is 4.98 Å². The van der Waals surface area contributed by atoms with Crippen molar-refractivity contribution in [2.45, 2.75) is 33.0 Å². The minimum absolute atomic E-state index is 0.120. The fourth-order valence-corrected chi connectivity index (χ4v) is 2.67. The largest absolute Gasteiger partial charge is 0.506 e. The van der Waals surface area contributed by atoms with E-state index in [1.807, 2.05) is 5.38 Å². The van der Waals surface area contributed by atoms with Crippen LogP contribution >= 0.6 is 11.3 Å². The molecule has 0 fully saturated rings. The lowest BCUT2D eigenvalue weighted by Crippen LogP contribution is -2.19. The van der Waals surface area contributed by atoms with Crippen LogP contribution in [-0.2, 0) is 13.2 Å². The molecule has 2 rings (SSSR count). The van der Waals surface area contributed by atoms with Crippen molar-refractivity contribution in [3.05, 3.63) is 45.4 Å². The molecule has 0 amide bonds. The van der Waals surface area contributed by atoms with Crippen LogP contribution in [0.5, 0.6) is 5.75 Å². The Hall–Kier alpha value is -1.43. The van der Waals surface area contributed by atoms with Gasteiger partial charge in [-0.05, 0) is 36.2 Å². The highest BCUT2D eigenvalue weighted by Crippen LogP contribution is 2.25. The first kappa shape index (κ1) is 14.0. The third-order valence-electron chi connectivity index (χ3n) is 3.23. The normalized spacial score (nSPS) is 12.6. The second-order valence-corrected chi connectivity index (χ2v) is 5.29. The van der Waals surface area contributed by atoms with E-state index >= 15 is 0 Å². The average Bonchev–Trinajstić information content (AvgIpc) is 2.94. The van der Waals surface area contributed by atoms with Crippen LogP contribution in [0.2, 0.25) is 0 Å². The van der Waals surface area contributed by atoms with E-state index in [0.29, 0.717) is 17.8 Å². The number of thiophene rings is 1. The summed E-state index contributed by atoms with van der Waals surface area (Å²) in [6.07, 6.45) is 1.61. The smallest absolute Gasteiger partial charge is 0.141 e. The molecular formula is C14H18N2O2S. The highest BCUT2D eigenvalue weighted by atomic mass is 32.1. The van der Waals surface area contributed by atoms with Gasteiger partial charge in [0.15, 0.2) is 0 Å². The van der Waals surface area contributed by atoms with Gasteiger partial charge in [0.25, 0.3) is 0 Å². The van der Waals surface area contributed by atoms with Crippen molar-refractivity contribution < 1.29 is 10.2 Å². The molecule has 4 nitrogen and oxygen atoms in total. The van der Waals surface area contributed by atoms with Crippen molar-refractivity contribution in [1.29, 1.82) is 0 Å². The summed E-state index contributed by atoms with van der Waals surface area (Å²) in [5, 5.41) is 26.8. The summed E-state index contributed by atoms with van der Waals surface area (Å²) in [4.78, 5) is 4.05. The number of pyridine rings is 1. The quantitative estimate of drug-likeness (QED) is 0.786. The number of nitrogens with one attached hydrogen (secondary N) is 1. The van der Waals surface area contributed by atoms with Crippen molar-refractivity contribution in [2.24, 2.45) is 0 Å². The number of aryl methyl sites for hydroxylation is 1. The zero-order valence-electron chi connectivity index (χ0n) is 11.1. The molecule has 19 heavy (non-hydrogen) atoms. The molecule has 0 saturated heterocycles. The highest BCUT2D eigenvalue weighted by molar-refractivity contribution is 7.07. The fourth-order valence-electron chi connectivity index (χ4n) is 1.91. The third kappa shape index (κ3) is 3.12. The van der Waals surface area contributed by atoms with Crippen LogP contribution in [0, 0.1) is 6.92 Å². The second-order valence-electron chi connectivity index (χ2n) is 4.51. The van der Waals surface area contributed by atoms with Crippen molar-refractivity contribution >= 4 is 11.3 Å². The highest BCUT2D eigenvalue weighted by Gasteiger charge is 2.13. The molecule has 0 radical (unpaired) electrons. The van der Waals surface area contributed by atoms with Gasteiger partial charge in [-0.15, -0.1) is 0 Å². The number of hydrogen-bond acceptors (Lipinski definition) is 5. The van der Waals surface area contributed by atoms with E-state index in [2.05, 4.69) is 28.7 Å². The molecule has 5 heteroatoms. The average molecular weight is 278 g/mol. The molecule has 3 N–H and O–H groups in total. The van der Waals surface area contributed by atoms with Gasteiger partial charge in [0.1, 0.15) is 5.75 Å². The fraction of sp³-hybridized carbons (Fsp3) is 0.357. The van der Waals surface area contributed by atoms with E-state index in [1.54, 1.807) is 24.5 Å². The maximum Gasteiger partial charge on any atom is 0.141 e. The van der Waals surface area contributed by atoms with Gasteiger partial charge in [0, 0.05) is 29.9 Å². The maximum absolute atomic E-state index is 10.0. The summed E-state index contributed by atoms with van der Waals surface area (Å²) in [5.74, 6) is 0.163. The molecule has 1 atom stereocenters. The van der Waals surface area contributed by atoms with Crippen molar-refractivity contribution in [1.82, 2.24) is 10.3 Å². The topological polar surface area (TPSA) is 65.4 Å². The Morgan fingerprint density at radius 3 is 2.89 bits per heavy atom. The summed E-state index contributed by atoms with van der Waals surface area (Å²) < 4.78 is 0. The zero-order valence-corrected chi connectivity index (χ0v) is 11.9. The van der Waals surface area contributed by atoms with E-state index in [4.69, 9.17) is 0 Å². The summed E-state index contributed by atoms with van der Waals surface area (Å²) in [7, 11) is 0. The zero-order chi connectivity index (χ0) is 13.8. The first-order valence-corrected chi connectivity index (χ1v) is 7.10. The molecule has 102 valence electrons. The Labute approximate surface area is 116 Å². The lowest BCUT2D eigenvalue weighted by molar-refractivity contribution is 0.278. The molecular weight excluding hydrogens is 260 g/mol. The minimum atomic E-state index is -0.120. The van der Waals surface area contributed by atoms with Gasteiger partial charge in [0.05, 0.1) is 12.3 Å². The van der Waals surface area contributed by atoms with Crippen LogP contribution in [0.4, 0.5) is 0 Å². The van der Waals surface area contributed by atoms with Crippen molar-refractivity contribution in [2.75, 3.05) is 0 Å². The minimum Gasteiger partial charge on any atom is -0.506 e. The molecule has 0 aromatic carbocycles. The van der Waals surface area contributed by atoms with Crippen LogP contribution in [0.1, 0.15) is 35.3 Å². The van der Waals surface area contributed by atoms with Crippen LogP contribution in [0.3, 0.4) is 0 Å². The number of aromatic nitrogens is 1. The maximum atomic E-state index is 10.0. The molecule has 2 heterocycles. The van der Waals surface area contributed by atoms with E-state index in [9.17, 15) is 10.2 Å². The molecule has 2 aromatic heterocycles. The molecule has 0 aliphatic heterocycles. The van der Waals surface area contributed by atoms with Gasteiger partial charge in [-0.25, -0.2) is 0 Å². The third-order valence-corrected chi connectivity index (χ3v) is 3.93. The first-order chi connectivity index (χ1) is 9.13. The van der Waals surface area contributed by atoms with Crippen molar-refractivity contribution in [3.63, 3.8) is 0 Å². The summed E-state index contributed by atoms with van der Waals surface area (Å²) in [6.45, 7) is 4.21. The van der Waals surface area contributed by atoms with Gasteiger partial charge in [-0.2, -0.15) is 11.3 Å². The molecule has 0 aliphatic carbocycles. The van der Waals surface area contributed by atoms with E-state index in [1.165, 1.54) is 5.56 Å². The summed E-state index contributed by atoms with van der Waals surface area (Å²) in [6, 6.07) is 2.28. The molecule has 0 spiro atoms. The van der Waals surface area contributed by atoms with Crippen LogP contribution in [0.25, 0.3) is 0 Å². The number of aliphatic hydroxyl groups is 1. The molecule has 2 aromatic rings. The SMILES string of the molecule is Cc1ncc(CO)c(CNC(C)c2ccsc2)c1O. The van der Waals surface area contributed by atoms with E-state index in [-0.39, 0.29) is 18.4 Å². The van der Waals surface area contributed by atoms with Gasteiger partial charge < -0.3 is 15.5 Å². The number of nitrogens with zero attached hydrogens (tertiary/aromatic N) is 1. The van der Waals surface area contributed by atoms with Crippen LogP contribution in [-0.4, -0.2) is 15.2 Å². The Morgan fingerprint density at radius 1 is 1.47 bits per heavy atom. The Morgan fingerprint density at radius 2 is 2.26 bits per heavy atom. The Bertz CT molecular complexity index is 541. The molecule has 1 unspecified atom stereocenters. The predicted molar refractivity (Wildman–Crippen MR) is 76.1 cm³/mol. The lowest BCUT2D eigenvalue weighted by atomic mass is 10.1. The number of rotatable bonds is 5. The number of aromatic hydroxyl groups is 1. The predicted octanol–water partition coefficient (Wildman–Crippen LogP) is 2.50. The molecule has 0 saturated carbocycles. The molecule has 0 aliphatic rings. The standard InChI is InChI=1S/C14H18N2O2S/c1-9(11-3-4-19-8-11)16-6-13-12(7-17)5-15-10(2)14(13)18/h3-5,8-9,16-18H,6-7H2,1-2H3. The monoisotopic (exact) mass is 278 g/mol. The summed E-state index contributed by atoms with van der Waals surface area (Å²) in [5.41, 5.74) is 3.18. The Kier molecular flexibility index (Phi) is 4.52. The number of aliphatic hydroxyl groups excluding tert-OH is 1. The molecule has 0 bridgehead atoms. The number of hydrogen-bond donors (Lipinski definition) is 3. The van der Waals surface area contributed by atoms with Gasteiger partial charge >= 0.3 is 0 Å². The summed E-state index contributed by atoms with van der Waals surface area (Å²) >= 11 is 1.66. The lowest BCUT2D eigenvalue weighted by Gasteiger charge is -2.16. The first-order valence-electron chi connectivity index (χ1n) is 6.16. The van der Waals surface area contributed by atoms with Crippen molar-refractivity contribution in [3.8, 4) is 5.75 Å². The van der Waals surface area contributed by atoms with E-state index in [0.717, 1.165) is 5.56 Å². The van der Waals surface area contributed by atoms with Crippen LogP contribution in [0.15, 0.2) is 23.0 Å². The second kappa shape index (κ2) is 6.14. The van der Waals surface area contributed by atoms with Gasteiger partial charge in [0.2, 0.25) is 0 Å². The van der Waals surface area contributed by atoms with Gasteiger partial charge in [-0.1, -0.05) is 0 Å². The Balaban J connectivity index is 2.13. The van der Waals surface area contributed by atoms with Crippen LogP contribution < -0.4 is 5.32 Å².